The Bertz CT molecular complexity index is 832. The van der Waals surface area contributed by atoms with Gasteiger partial charge in [-0.2, -0.15) is 0 Å². The molecular weight excluding hydrogens is 344 g/mol. The van der Waals surface area contributed by atoms with E-state index in [-0.39, 0.29) is 17.5 Å². The first-order valence-corrected chi connectivity index (χ1v) is 9.57. The Balaban J connectivity index is 2.11. The predicted molar refractivity (Wildman–Crippen MR) is 108 cm³/mol. The summed E-state index contributed by atoms with van der Waals surface area (Å²) in [5.74, 6) is 0.546. The number of ether oxygens (including phenoxy) is 1. The molecule has 2 N–H and O–H groups in total. The SMILES string of the molecule is CCCCOc1ccc2c(n1)c(NCCCC(C)NC(C)=O)cc(=O)n2C. The number of hydrogen-bond donors (Lipinski definition) is 2. The van der Waals surface area contributed by atoms with Crippen molar-refractivity contribution >= 4 is 22.6 Å². The van der Waals surface area contributed by atoms with Crippen molar-refractivity contribution in [1.29, 1.82) is 0 Å². The van der Waals surface area contributed by atoms with Crippen LogP contribution in [-0.4, -0.2) is 34.7 Å². The Morgan fingerprint density at radius 3 is 2.81 bits per heavy atom. The molecule has 1 atom stereocenters. The lowest BCUT2D eigenvalue weighted by Crippen LogP contribution is -2.30. The fourth-order valence-corrected chi connectivity index (χ4v) is 2.90. The first kappa shape index (κ1) is 20.7. The molecule has 148 valence electrons. The van der Waals surface area contributed by atoms with E-state index < -0.39 is 0 Å². The molecule has 0 fully saturated rings. The lowest BCUT2D eigenvalue weighted by molar-refractivity contribution is -0.119. The molecule has 0 aromatic carbocycles. The van der Waals surface area contributed by atoms with E-state index in [0.717, 1.165) is 36.7 Å². The van der Waals surface area contributed by atoms with Gasteiger partial charge in [0.25, 0.3) is 5.56 Å². The summed E-state index contributed by atoms with van der Waals surface area (Å²) < 4.78 is 7.29. The molecule has 27 heavy (non-hydrogen) atoms. The monoisotopic (exact) mass is 374 g/mol. The molecule has 1 unspecified atom stereocenters. The number of anilines is 1. The van der Waals surface area contributed by atoms with Crippen LogP contribution in [0.5, 0.6) is 5.88 Å². The summed E-state index contributed by atoms with van der Waals surface area (Å²) in [4.78, 5) is 27.9. The second-order valence-corrected chi connectivity index (χ2v) is 6.85. The van der Waals surface area contributed by atoms with Gasteiger partial charge in [0.2, 0.25) is 11.8 Å². The number of hydrogen-bond acceptors (Lipinski definition) is 5. The van der Waals surface area contributed by atoms with Crippen LogP contribution in [0.1, 0.15) is 46.5 Å². The van der Waals surface area contributed by atoms with E-state index in [2.05, 4.69) is 22.5 Å². The number of aryl methyl sites for hydroxylation is 1. The van der Waals surface area contributed by atoms with Gasteiger partial charge in [-0.25, -0.2) is 4.98 Å². The minimum Gasteiger partial charge on any atom is -0.478 e. The lowest BCUT2D eigenvalue weighted by Gasteiger charge is -2.15. The molecule has 0 spiro atoms. The maximum atomic E-state index is 12.2. The number of carbonyl (C=O) groups excluding carboxylic acids is 1. The van der Waals surface area contributed by atoms with Gasteiger partial charge in [0, 0.05) is 38.7 Å². The van der Waals surface area contributed by atoms with E-state index in [4.69, 9.17) is 4.74 Å². The Labute approximate surface area is 160 Å². The average molecular weight is 374 g/mol. The highest BCUT2D eigenvalue weighted by Gasteiger charge is 2.10. The number of carbonyl (C=O) groups is 1. The normalized spacial score (nSPS) is 12.0. The molecule has 0 aliphatic carbocycles. The summed E-state index contributed by atoms with van der Waals surface area (Å²) in [6.45, 7) is 6.93. The molecular formula is C20H30N4O3. The minimum atomic E-state index is -0.0851. The summed E-state index contributed by atoms with van der Waals surface area (Å²) >= 11 is 0. The van der Waals surface area contributed by atoms with Crippen LogP contribution in [0.2, 0.25) is 0 Å². The molecule has 0 aliphatic heterocycles. The van der Waals surface area contributed by atoms with E-state index in [0.29, 0.717) is 24.7 Å². The number of nitrogens with zero attached hydrogens (tertiary/aromatic N) is 2. The van der Waals surface area contributed by atoms with Gasteiger partial charge in [-0.3, -0.25) is 9.59 Å². The Kier molecular flexibility index (Phi) is 7.64. The van der Waals surface area contributed by atoms with Gasteiger partial charge in [0.1, 0.15) is 5.52 Å². The summed E-state index contributed by atoms with van der Waals surface area (Å²) in [6.07, 6.45) is 3.76. The van der Waals surface area contributed by atoms with Crippen LogP contribution in [0.3, 0.4) is 0 Å². The second-order valence-electron chi connectivity index (χ2n) is 6.85. The first-order valence-electron chi connectivity index (χ1n) is 9.57. The summed E-state index contributed by atoms with van der Waals surface area (Å²) in [6, 6.07) is 5.37. The zero-order valence-electron chi connectivity index (χ0n) is 16.7. The third-order valence-corrected chi connectivity index (χ3v) is 4.39. The topological polar surface area (TPSA) is 85.2 Å². The number of unbranched alkanes of at least 4 members (excludes halogenated alkanes) is 1. The van der Waals surface area contributed by atoms with Crippen molar-refractivity contribution in [1.82, 2.24) is 14.9 Å². The van der Waals surface area contributed by atoms with Gasteiger partial charge < -0.3 is 19.9 Å². The molecule has 0 saturated carbocycles. The lowest BCUT2D eigenvalue weighted by atomic mass is 10.2. The molecule has 2 rings (SSSR count). The van der Waals surface area contributed by atoms with Crippen molar-refractivity contribution < 1.29 is 9.53 Å². The number of amides is 1. The molecule has 7 nitrogen and oxygen atoms in total. The highest BCUT2D eigenvalue weighted by Crippen LogP contribution is 2.22. The van der Waals surface area contributed by atoms with Crippen LogP contribution in [0, 0.1) is 0 Å². The highest BCUT2D eigenvalue weighted by molar-refractivity contribution is 5.88. The summed E-state index contributed by atoms with van der Waals surface area (Å²) in [5.41, 5.74) is 2.11. The molecule has 0 saturated heterocycles. The second kappa shape index (κ2) is 9.94. The number of nitrogens with one attached hydrogen (secondary N) is 2. The quantitative estimate of drug-likeness (QED) is 0.625. The van der Waals surface area contributed by atoms with E-state index >= 15 is 0 Å². The van der Waals surface area contributed by atoms with Gasteiger partial charge >= 0.3 is 0 Å². The van der Waals surface area contributed by atoms with E-state index in [1.807, 2.05) is 13.0 Å². The van der Waals surface area contributed by atoms with E-state index in [1.54, 1.807) is 23.7 Å². The zero-order valence-corrected chi connectivity index (χ0v) is 16.7. The average Bonchev–Trinajstić information content (AvgIpc) is 2.62. The van der Waals surface area contributed by atoms with Gasteiger partial charge in [-0.05, 0) is 32.3 Å². The predicted octanol–water partition coefficient (Wildman–Crippen LogP) is 2.83. The Morgan fingerprint density at radius 1 is 1.33 bits per heavy atom. The zero-order chi connectivity index (χ0) is 19.8. The number of rotatable bonds is 10. The number of pyridine rings is 2. The third-order valence-electron chi connectivity index (χ3n) is 4.39. The van der Waals surface area contributed by atoms with Crippen molar-refractivity contribution in [3.05, 3.63) is 28.6 Å². The maximum absolute atomic E-state index is 12.2. The molecule has 2 aromatic heterocycles. The van der Waals surface area contributed by atoms with Crippen molar-refractivity contribution in [3.63, 3.8) is 0 Å². The Hall–Kier alpha value is -2.57. The van der Waals surface area contributed by atoms with E-state index in [1.165, 1.54) is 6.92 Å². The number of fused-ring (bicyclic) bond motifs is 1. The third kappa shape index (κ3) is 5.98. The standard InChI is InChI=1S/C20H30N4O3/c1-5-6-12-27-18-10-9-17-20(23-18)16(13-19(26)24(17)4)21-11-7-8-14(2)22-15(3)25/h9-10,13-14,21H,5-8,11-12H2,1-4H3,(H,22,25). The fraction of sp³-hybridized carbons (Fsp3) is 0.550. The van der Waals surface area contributed by atoms with Crippen LogP contribution in [0.25, 0.3) is 11.0 Å². The van der Waals surface area contributed by atoms with Gasteiger partial charge in [0.05, 0.1) is 17.8 Å². The highest BCUT2D eigenvalue weighted by atomic mass is 16.5. The molecule has 0 aliphatic rings. The summed E-state index contributed by atoms with van der Waals surface area (Å²) in [7, 11) is 1.74. The maximum Gasteiger partial charge on any atom is 0.252 e. The van der Waals surface area contributed by atoms with Crippen LogP contribution < -0.4 is 20.9 Å². The molecule has 0 bridgehead atoms. The van der Waals surface area contributed by atoms with Gasteiger partial charge in [-0.15, -0.1) is 0 Å². The first-order chi connectivity index (χ1) is 12.9. The molecule has 7 heteroatoms. The van der Waals surface area contributed by atoms with Crippen LogP contribution in [0.15, 0.2) is 23.0 Å². The van der Waals surface area contributed by atoms with Crippen molar-refractivity contribution in [3.8, 4) is 5.88 Å². The van der Waals surface area contributed by atoms with Crippen LogP contribution in [0.4, 0.5) is 5.69 Å². The molecule has 2 heterocycles. The molecule has 2 aromatic rings. The molecule has 0 radical (unpaired) electrons. The smallest absolute Gasteiger partial charge is 0.252 e. The van der Waals surface area contributed by atoms with Crippen LogP contribution >= 0.6 is 0 Å². The summed E-state index contributed by atoms with van der Waals surface area (Å²) in [5, 5.41) is 6.19. The molecule has 1 amide bonds. The van der Waals surface area contributed by atoms with Gasteiger partial charge in [0.15, 0.2) is 0 Å². The number of aromatic nitrogens is 2. The van der Waals surface area contributed by atoms with Crippen molar-refractivity contribution in [2.45, 2.75) is 52.5 Å². The Morgan fingerprint density at radius 2 is 2.11 bits per heavy atom. The van der Waals surface area contributed by atoms with Crippen LogP contribution in [-0.2, 0) is 11.8 Å². The van der Waals surface area contributed by atoms with Crippen molar-refractivity contribution in [2.24, 2.45) is 7.05 Å². The fourth-order valence-electron chi connectivity index (χ4n) is 2.90. The van der Waals surface area contributed by atoms with Gasteiger partial charge in [-0.1, -0.05) is 13.3 Å². The minimum absolute atomic E-state index is 0.0205. The largest absolute Gasteiger partial charge is 0.478 e. The van der Waals surface area contributed by atoms with E-state index in [9.17, 15) is 9.59 Å². The van der Waals surface area contributed by atoms with Crippen molar-refractivity contribution in [2.75, 3.05) is 18.5 Å².